The molecular formula is C39H37F3N4O4. The predicted molar refractivity (Wildman–Crippen MR) is 187 cm³/mol. The van der Waals surface area contributed by atoms with E-state index in [1.807, 2.05) is 67.2 Å². The lowest BCUT2D eigenvalue weighted by molar-refractivity contribution is -0.142. The highest BCUT2D eigenvalue weighted by molar-refractivity contribution is 6.41. The Balaban J connectivity index is 0.00000239. The smallest absolute Gasteiger partial charge is 0.294 e. The van der Waals surface area contributed by atoms with Crippen molar-refractivity contribution < 1.29 is 27.9 Å². The second-order valence-corrected chi connectivity index (χ2v) is 11.5. The lowest BCUT2D eigenvalue weighted by atomic mass is 10.0. The Hall–Kier alpha value is -5.84. The lowest BCUT2D eigenvalue weighted by Gasteiger charge is -2.35. The van der Waals surface area contributed by atoms with Crippen molar-refractivity contribution in [1.29, 1.82) is 0 Å². The number of piperazine rings is 1. The van der Waals surface area contributed by atoms with E-state index >= 15 is 0 Å². The second kappa shape index (κ2) is 16.0. The summed E-state index contributed by atoms with van der Waals surface area (Å²) in [5.41, 5.74) is 1.71. The average molecular weight is 683 g/mol. The molecule has 258 valence electrons. The summed E-state index contributed by atoms with van der Waals surface area (Å²) in [4.78, 5) is 43.1. The molecule has 1 saturated heterocycles. The van der Waals surface area contributed by atoms with Crippen LogP contribution in [-0.2, 0) is 22.6 Å². The van der Waals surface area contributed by atoms with Gasteiger partial charge in [-0.15, -0.1) is 0 Å². The molecule has 3 heterocycles. The third-order valence-corrected chi connectivity index (χ3v) is 8.21. The Morgan fingerprint density at radius 1 is 0.780 bits per heavy atom. The van der Waals surface area contributed by atoms with Gasteiger partial charge in [-0.2, -0.15) is 0 Å². The van der Waals surface area contributed by atoms with Crippen LogP contribution in [0.3, 0.4) is 0 Å². The van der Waals surface area contributed by atoms with Gasteiger partial charge in [-0.05, 0) is 78.2 Å². The van der Waals surface area contributed by atoms with Crippen LogP contribution in [0.15, 0.2) is 114 Å². The summed E-state index contributed by atoms with van der Waals surface area (Å²) in [5, 5.41) is 11.0. The number of hydrogen-bond donors (Lipinski definition) is 1. The number of carbonyl (C=O) groups is 2. The van der Waals surface area contributed by atoms with E-state index in [4.69, 9.17) is 0 Å². The van der Waals surface area contributed by atoms with Crippen molar-refractivity contribution in [1.82, 2.24) is 14.0 Å². The van der Waals surface area contributed by atoms with E-state index in [2.05, 4.69) is 4.90 Å². The number of rotatable bonds is 9. The number of anilines is 1. The van der Waals surface area contributed by atoms with Crippen LogP contribution in [0.25, 0.3) is 11.4 Å². The van der Waals surface area contributed by atoms with Crippen LogP contribution in [0, 0.1) is 17.5 Å². The minimum absolute atomic E-state index is 0.0429. The Morgan fingerprint density at radius 2 is 1.40 bits per heavy atom. The summed E-state index contributed by atoms with van der Waals surface area (Å²) in [6, 6.07) is 22.0. The van der Waals surface area contributed by atoms with Crippen LogP contribution in [-0.4, -0.2) is 57.0 Å². The van der Waals surface area contributed by atoms with Crippen LogP contribution in [0.1, 0.15) is 36.1 Å². The SMILES string of the molecule is CC.O=C(/C=C(\O)c1cc(Cc2cc(F)cc(F)c2)cn(Cc2ccccc2F)c1=O)C(=O)N1CCN(c2ccc(-n3cccc3)cc2)CC1. The zero-order chi connectivity index (χ0) is 35.8. The van der Waals surface area contributed by atoms with Gasteiger partial charge in [-0.3, -0.25) is 14.4 Å². The molecule has 2 aromatic heterocycles. The van der Waals surface area contributed by atoms with Crippen molar-refractivity contribution >= 4 is 23.1 Å². The van der Waals surface area contributed by atoms with Gasteiger partial charge in [-0.25, -0.2) is 13.2 Å². The van der Waals surface area contributed by atoms with Gasteiger partial charge in [0.05, 0.1) is 12.1 Å². The highest BCUT2D eigenvalue weighted by Gasteiger charge is 2.26. The monoisotopic (exact) mass is 682 g/mol. The molecule has 3 aromatic carbocycles. The topological polar surface area (TPSA) is 87.8 Å². The van der Waals surface area contributed by atoms with Gasteiger partial charge in [0, 0.05) is 73.9 Å². The number of aliphatic hydroxyl groups is 1. The third kappa shape index (κ3) is 8.41. The molecule has 5 aromatic rings. The number of pyridine rings is 1. The number of aromatic nitrogens is 2. The maximum absolute atomic E-state index is 14.5. The molecule has 0 atom stereocenters. The number of ketones is 1. The fourth-order valence-electron chi connectivity index (χ4n) is 5.78. The molecule has 8 nitrogen and oxygen atoms in total. The molecule has 50 heavy (non-hydrogen) atoms. The van der Waals surface area contributed by atoms with E-state index in [-0.39, 0.29) is 42.7 Å². The molecule has 6 rings (SSSR count). The molecule has 0 unspecified atom stereocenters. The fraction of sp³-hybridized carbons (Fsp3) is 0.205. The molecule has 0 aliphatic carbocycles. The first-order chi connectivity index (χ1) is 24.1. The lowest BCUT2D eigenvalue weighted by Crippen LogP contribution is -2.50. The third-order valence-electron chi connectivity index (χ3n) is 8.21. The van der Waals surface area contributed by atoms with Gasteiger partial charge in [0.15, 0.2) is 0 Å². The van der Waals surface area contributed by atoms with Gasteiger partial charge in [0.25, 0.3) is 11.5 Å². The highest BCUT2D eigenvalue weighted by Crippen LogP contribution is 2.21. The molecule has 0 radical (unpaired) electrons. The number of aliphatic hydroxyl groups excluding tert-OH is 1. The van der Waals surface area contributed by atoms with Crippen LogP contribution >= 0.6 is 0 Å². The predicted octanol–water partition coefficient (Wildman–Crippen LogP) is 6.54. The molecule has 1 aliphatic heterocycles. The second-order valence-electron chi connectivity index (χ2n) is 11.5. The van der Waals surface area contributed by atoms with Crippen molar-refractivity contribution in [3.8, 4) is 5.69 Å². The first kappa shape index (κ1) is 35.5. The van der Waals surface area contributed by atoms with Gasteiger partial charge in [-0.1, -0.05) is 32.0 Å². The Kier molecular flexibility index (Phi) is 11.4. The Bertz CT molecular complexity index is 2030. The first-order valence-corrected chi connectivity index (χ1v) is 16.3. The molecule has 1 aliphatic rings. The first-order valence-electron chi connectivity index (χ1n) is 16.3. The summed E-state index contributed by atoms with van der Waals surface area (Å²) in [6.07, 6.45) is 5.96. The minimum Gasteiger partial charge on any atom is -0.507 e. The van der Waals surface area contributed by atoms with Crippen molar-refractivity contribution in [3.05, 3.63) is 160 Å². The molecule has 0 bridgehead atoms. The largest absolute Gasteiger partial charge is 0.507 e. The standard InChI is InChI=1S/C37H31F3N4O4.C2H6/c38-28-18-25(19-29(39)21-28)17-26-20-32(36(47)44(23-26)24-27-5-1-2-6-33(27)40)34(45)22-35(46)37(48)43-15-13-42(14-16-43)31-9-7-30(8-10-31)41-11-3-4-12-41;1-2/h1-12,18-23,45H,13-17,24H2;1-2H3/b34-22-;. The summed E-state index contributed by atoms with van der Waals surface area (Å²) < 4.78 is 45.4. The van der Waals surface area contributed by atoms with E-state index in [1.54, 1.807) is 6.07 Å². The van der Waals surface area contributed by atoms with Crippen molar-refractivity contribution in [2.75, 3.05) is 31.1 Å². The van der Waals surface area contributed by atoms with Gasteiger partial charge in [0.2, 0.25) is 5.78 Å². The zero-order valence-electron chi connectivity index (χ0n) is 27.7. The summed E-state index contributed by atoms with van der Waals surface area (Å²) in [7, 11) is 0. The number of carbonyl (C=O) groups excluding carboxylic acids is 2. The van der Waals surface area contributed by atoms with E-state index in [9.17, 15) is 32.7 Å². The maximum Gasteiger partial charge on any atom is 0.294 e. The van der Waals surface area contributed by atoms with Gasteiger partial charge >= 0.3 is 0 Å². The quantitative estimate of drug-likeness (QED) is 0.108. The summed E-state index contributed by atoms with van der Waals surface area (Å²) >= 11 is 0. The average Bonchev–Trinajstić information content (AvgIpc) is 3.66. The maximum atomic E-state index is 14.5. The molecule has 1 N–H and O–H groups in total. The number of amides is 1. The van der Waals surface area contributed by atoms with Crippen molar-refractivity contribution in [2.24, 2.45) is 0 Å². The zero-order valence-corrected chi connectivity index (χ0v) is 27.7. The van der Waals surface area contributed by atoms with E-state index in [0.717, 1.165) is 34.1 Å². The molecular weight excluding hydrogens is 645 g/mol. The summed E-state index contributed by atoms with van der Waals surface area (Å²) in [6.45, 7) is 5.30. The Labute approximate surface area is 287 Å². The number of hydrogen-bond acceptors (Lipinski definition) is 5. The number of halogens is 3. The van der Waals surface area contributed by atoms with Gasteiger partial charge in [0.1, 0.15) is 23.2 Å². The van der Waals surface area contributed by atoms with Crippen molar-refractivity contribution in [2.45, 2.75) is 26.8 Å². The highest BCUT2D eigenvalue weighted by atomic mass is 19.1. The fourth-order valence-corrected chi connectivity index (χ4v) is 5.78. The summed E-state index contributed by atoms with van der Waals surface area (Å²) in [5.74, 6) is -4.74. The van der Waals surface area contributed by atoms with Crippen LogP contribution < -0.4 is 10.5 Å². The van der Waals surface area contributed by atoms with E-state index in [0.29, 0.717) is 24.7 Å². The molecule has 1 amide bonds. The molecule has 11 heteroatoms. The number of nitrogens with zero attached hydrogens (tertiary/aromatic N) is 4. The van der Waals surface area contributed by atoms with E-state index < -0.39 is 40.5 Å². The molecule has 0 spiro atoms. The van der Waals surface area contributed by atoms with Crippen LogP contribution in [0.2, 0.25) is 0 Å². The minimum atomic E-state index is -1.02. The van der Waals surface area contributed by atoms with Crippen LogP contribution in [0.5, 0.6) is 0 Å². The molecule has 0 saturated carbocycles. The normalized spacial score (nSPS) is 13.1. The van der Waals surface area contributed by atoms with Crippen LogP contribution in [0.4, 0.5) is 18.9 Å². The Morgan fingerprint density at radius 3 is 2.04 bits per heavy atom. The van der Waals surface area contributed by atoms with Crippen molar-refractivity contribution in [3.63, 3.8) is 0 Å². The molecule has 1 fully saturated rings. The van der Waals surface area contributed by atoms with E-state index in [1.165, 1.54) is 35.4 Å². The number of benzene rings is 3. The van der Waals surface area contributed by atoms with Gasteiger partial charge < -0.3 is 24.0 Å².